The van der Waals surface area contributed by atoms with Crippen LogP contribution in [0.2, 0.25) is 0 Å². The van der Waals surface area contributed by atoms with Gasteiger partial charge in [0, 0.05) is 19.5 Å². The fourth-order valence-corrected chi connectivity index (χ4v) is 3.28. The normalized spacial score (nSPS) is 13.3. The van der Waals surface area contributed by atoms with Crippen LogP contribution in [0.3, 0.4) is 0 Å². The molecule has 8 nitrogen and oxygen atoms in total. The van der Waals surface area contributed by atoms with Gasteiger partial charge in [0.15, 0.2) is 0 Å². The second kappa shape index (κ2) is 10.5. The molecule has 2 N–H and O–H groups in total. The number of allylic oxidation sites excluding steroid dienone is 1. The minimum absolute atomic E-state index is 0.00754. The van der Waals surface area contributed by atoms with Crippen LogP contribution in [0, 0.1) is 0 Å². The summed E-state index contributed by atoms with van der Waals surface area (Å²) in [5.74, 6) is -1.84. The maximum absolute atomic E-state index is 12.5. The lowest BCUT2D eigenvalue weighted by Crippen LogP contribution is -2.31. The third-order valence-corrected chi connectivity index (χ3v) is 5.03. The Kier molecular flexibility index (Phi) is 8.08. The van der Waals surface area contributed by atoms with Crippen molar-refractivity contribution in [1.29, 1.82) is 0 Å². The van der Waals surface area contributed by atoms with Crippen molar-refractivity contribution in [2.24, 2.45) is 0 Å². The predicted octanol–water partition coefficient (Wildman–Crippen LogP) is 1.52. The predicted molar refractivity (Wildman–Crippen MR) is 104 cm³/mol. The second-order valence-corrected chi connectivity index (χ2v) is 6.97. The van der Waals surface area contributed by atoms with Crippen molar-refractivity contribution < 1.29 is 28.4 Å². The molecular weight excluding hydrogens is 401 g/mol. The van der Waals surface area contributed by atoms with Crippen molar-refractivity contribution in [3.05, 3.63) is 45.9 Å². The number of imide groups is 2. The Morgan fingerprint density at radius 1 is 1.21 bits per heavy atom. The van der Waals surface area contributed by atoms with E-state index in [1.54, 1.807) is 13.0 Å². The van der Waals surface area contributed by atoms with Crippen molar-refractivity contribution >= 4 is 41.8 Å². The largest absolute Gasteiger partial charge is 0.348 e. The van der Waals surface area contributed by atoms with Gasteiger partial charge in [0.25, 0.3) is 17.7 Å². The van der Waals surface area contributed by atoms with Gasteiger partial charge in [-0.2, -0.15) is 0 Å². The molecule has 0 radical (unpaired) electrons. The molecule has 10 heteroatoms. The quantitative estimate of drug-likeness (QED) is 0.336. The van der Waals surface area contributed by atoms with Crippen molar-refractivity contribution in [2.45, 2.75) is 26.3 Å². The molecule has 0 fully saturated rings. The summed E-state index contributed by atoms with van der Waals surface area (Å²) in [6, 6.07) is 3.97. The van der Waals surface area contributed by atoms with Crippen LogP contribution >= 0.6 is 11.8 Å². The van der Waals surface area contributed by atoms with Crippen molar-refractivity contribution in [3.63, 3.8) is 0 Å². The zero-order valence-electron chi connectivity index (χ0n) is 15.7. The van der Waals surface area contributed by atoms with Crippen LogP contribution < -0.4 is 10.6 Å². The lowest BCUT2D eigenvalue weighted by atomic mass is 10.1. The van der Waals surface area contributed by atoms with E-state index in [9.17, 15) is 28.4 Å². The molecule has 1 aromatic carbocycles. The molecule has 0 spiro atoms. The molecule has 1 aliphatic rings. The summed E-state index contributed by atoms with van der Waals surface area (Å²) in [5.41, 5.74) is 1.10. The van der Waals surface area contributed by atoms with Gasteiger partial charge in [-0.25, -0.2) is 4.39 Å². The third-order valence-electron chi connectivity index (χ3n) is 4.19. The zero-order valence-corrected chi connectivity index (χ0v) is 16.5. The van der Waals surface area contributed by atoms with Gasteiger partial charge in [-0.3, -0.25) is 34.2 Å². The number of fused-ring (bicyclic) bond motifs is 1. The summed E-state index contributed by atoms with van der Waals surface area (Å²) < 4.78 is 12.4. The highest BCUT2D eigenvalue weighted by Crippen LogP contribution is 2.24. The van der Waals surface area contributed by atoms with Gasteiger partial charge in [0.1, 0.15) is 6.01 Å². The Labute approximate surface area is 170 Å². The fraction of sp³-hybridized carbons (Fsp3) is 0.316. The Morgan fingerprint density at radius 3 is 2.59 bits per heavy atom. The Balaban J connectivity index is 2.00. The van der Waals surface area contributed by atoms with Gasteiger partial charge < -0.3 is 5.32 Å². The highest BCUT2D eigenvalue weighted by Gasteiger charge is 2.35. The molecule has 1 aliphatic heterocycles. The van der Waals surface area contributed by atoms with Crippen LogP contribution in [-0.2, 0) is 20.9 Å². The van der Waals surface area contributed by atoms with E-state index >= 15 is 0 Å². The van der Waals surface area contributed by atoms with Crippen molar-refractivity contribution in [1.82, 2.24) is 15.5 Å². The van der Waals surface area contributed by atoms with E-state index in [1.165, 1.54) is 18.2 Å². The first-order valence-electron chi connectivity index (χ1n) is 8.78. The highest BCUT2D eigenvalue weighted by molar-refractivity contribution is 8.03. The van der Waals surface area contributed by atoms with E-state index in [2.05, 4.69) is 5.32 Å². The Morgan fingerprint density at radius 2 is 1.93 bits per heavy atom. The molecule has 0 aliphatic carbocycles. The van der Waals surface area contributed by atoms with Gasteiger partial charge in [0.05, 0.1) is 16.0 Å². The number of nitrogens with one attached hydrogen (secondary N) is 2. The van der Waals surface area contributed by atoms with Gasteiger partial charge in [-0.15, -0.1) is 0 Å². The summed E-state index contributed by atoms with van der Waals surface area (Å²) in [6.45, 7) is 1.80. The van der Waals surface area contributed by atoms with Crippen LogP contribution in [0.5, 0.6) is 0 Å². The van der Waals surface area contributed by atoms with Gasteiger partial charge in [-0.05, 0) is 31.0 Å². The Hall–Kier alpha value is -3.01. The fourth-order valence-electron chi connectivity index (χ4n) is 2.79. The molecule has 0 atom stereocenters. The highest BCUT2D eigenvalue weighted by atomic mass is 32.2. The molecule has 0 bridgehead atoms. The van der Waals surface area contributed by atoms with E-state index < -0.39 is 29.6 Å². The molecule has 2 rings (SSSR count). The number of amides is 5. The van der Waals surface area contributed by atoms with E-state index in [1.807, 2.05) is 5.32 Å². The first-order chi connectivity index (χ1) is 13.9. The summed E-state index contributed by atoms with van der Waals surface area (Å²) in [5, 5.41) is 4.64. The first-order valence-corrected chi connectivity index (χ1v) is 9.76. The number of benzene rings is 1. The SMILES string of the molecule is C/C=C(\SCF)C(=O)NCc1ccc2c(c1)C(=O)N(CCCC(=O)NC=O)C2=O. The average Bonchev–Trinajstić information content (AvgIpc) is 2.94. The second-order valence-electron chi connectivity index (χ2n) is 6.02. The maximum atomic E-state index is 12.5. The lowest BCUT2D eigenvalue weighted by Gasteiger charge is -2.12. The van der Waals surface area contributed by atoms with Crippen molar-refractivity contribution in [2.75, 3.05) is 12.6 Å². The number of thioether (sulfide) groups is 1. The first kappa shape index (κ1) is 22.3. The number of halogens is 1. The molecule has 0 unspecified atom stereocenters. The number of nitrogens with zero attached hydrogens (tertiary/aromatic N) is 1. The molecule has 29 heavy (non-hydrogen) atoms. The molecular formula is C19H20FN3O5S. The number of carbonyl (C=O) groups excluding carboxylic acids is 5. The minimum Gasteiger partial charge on any atom is -0.348 e. The molecule has 0 saturated carbocycles. The third kappa shape index (κ3) is 5.50. The molecule has 0 aromatic heterocycles. The van der Waals surface area contributed by atoms with E-state index in [-0.39, 0.29) is 48.4 Å². The van der Waals surface area contributed by atoms with Gasteiger partial charge in [-0.1, -0.05) is 23.9 Å². The molecule has 154 valence electrons. The standard InChI is InChI=1S/C19H20FN3O5S/c1-2-15(29-10-20)17(26)21-9-12-5-6-13-14(8-12)19(28)23(18(13)27)7-3-4-16(25)22-11-24/h2,5-6,8,11H,3-4,7,9-10H2,1H3,(H,21,26)(H,22,24,25)/b15-2-. The van der Waals surface area contributed by atoms with Crippen LogP contribution in [0.4, 0.5) is 4.39 Å². The molecule has 0 saturated heterocycles. The van der Waals surface area contributed by atoms with Crippen LogP contribution in [-0.4, -0.2) is 47.5 Å². The number of hydrogen-bond donors (Lipinski definition) is 2. The van der Waals surface area contributed by atoms with Crippen molar-refractivity contribution in [3.8, 4) is 0 Å². The van der Waals surface area contributed by atoms with Crippen LogP contribution in [0.25, 0.3) is 0 Å². The zero-order chi connectivity index (χ0) is 21.4. The van der Waals surface area contributed by atoms with Gasteiger partial charge in [0.2, 0.25) is 12.3 Å². The van der Waals surface area contributed by atoms with E-state index in [0.29, 0.717) is 5.56 Å². The number of carbonyl (C=O) groups is 5. The minimum atomic E-state index is -0.713. The van der Waals surface area contributed by atoms with Crippen LogP contribution in [0.15, 0.2) is 29.2 Å². The number of rotatable bonds is 10. The number of hydrogen-bond acceptors (Lipinski definition) is 6. The summed E-state index contributed by atoms with van der Waals surface area (Å²) in [6.07, 6.45) is 2.03. The smallest absolute Gasteiger partial charge is 0.261 e. The Bertz CT molecular complexity index is 871. The monoisotopic (exact) mass is 421 g/mol. The summed E-state index contributed by atoms with van der Waals surface area (Å²) in [7, 11) is 0. The van der Waals surface area contributed by atoms with Gasteiger partial charge >= 0.3 is 0 Å². The topological polar surface area (TPSA) is 113 Å². The van der Waals surface area contributed by atoms with Crippen LogP contribution in [0.1, 0.15) is 46.0 Å². The molecule has 1 aromatic rings. The average molecular weight is 421 g/mol. The summed E-state index contributed by atoms with van der Waals surface area (Å²) >= 11 is 0.782. The van der Waals surface area contributed by atoms with E-state index in [4.69, 9.17) is 0 Å². The maximum Gasteiger partial charge on any atom is 0.261 e. The van der Waals surface area contributed by atoms with E-state index in [0.717, 1.165) is 16.7 Å². The number of alkyl halides is 1. The lowest BCUT2D eigenvalue weighted by molar-refractivity contribution is -0.125. The molecule has 5 amide bonds. The molecule has 1 heterocycles. The summed E-state index contributed by atoms with van der Waals surface area (Å²) in [4.78, 5) is 59.8.